The van der Waals surface area contributed by atoms with Crippen LogP contribution in [-0.2, 0) is 11.4 Å². The lowest BCUT2D eigenvalue weighted by Crippen LogP contribution is -2.46. The van der Waals surface area contributed by atoms with Gasteiger partial charge in [0.25, 0.3) is 11.8 Å². The van der Waals surface area contributed by atoms with Gasteiger partial charge in [0.15, 0.2) is 11.4 Å². The molecule has 0 saturated carbocycles. The molecule has 0 spiro atoms. The van der Waals surface area contributed by atoms with Crippen molar-refractivity contribution in [3.05, 3.63) is 207 Å². The summed E-state index contributed by atoms with van der Waals surface area (Å²) in [5.74, 6) is -0.479. The van der Waals surface area contributed by atoms with Crippen LogP contribution in [0.25, 0.3) is 0 Å². The van der Waals surface area contributed by atoms with Crippen LogP contribution in [0, 0.1) is 0 Å². The van der Waals surface area contributed by atoms with Gasteiger partial charge in [-0.2, -0.15) is 0 Å². The molecule has 0 fully saturated rings. The van der Waals surface area contributed by atoms with Gasteiger partial charge in [0.05, 0.1) is 12.1 Å². The van der Waals surface area contributed by atoms with Crippen LogP contribution in [0.4, 0.5) is 0 Å². The van der Waals surface area contributed by atoms with Gasteiger partial charge >= 0.3 is 0 Å². The van der Waals surface area contributed by atoms with E-state index in [4.69, 9.17) is 46.4 Å². The van der Waals surface area contributed by atoms with E-state index in [2.05, 4.69) is 31.9 Å². The zero-order valence-electron chi connectivity index (χ0n) is 29.7. The molecule has 2 aliphatic heterocycles. The van der Waals surface area contributed by atoms with Crippen LogP contribution in [0.3, 0.4) is 0 Å². The van der Waals surface area contributed by atoms with Gasteiger partial charge in [-0.3, -0.25) is 19.4 Å². The van der Waals surface area contributed by atoms with Gasteiger partial charge in [0.1, 0.15) is 0 Å². The summed E-state index contributed by atoms with van der Waals surface area (Å²) in [6, 6.07) is 38.3. The summed E-state index contributed by atoms with van der Waals surface area (Å²) in [5, 5.41) is 26.2. The molecular formula is C44H32Br2Cl4N2O4. The molecule has 0 radical (unpaired) electrons. The molecule has 2 heterocycles. The van der Waals surface area contributed by atoms with E-state index < -0.39 is 23.5 Å². The van der Waals surface area contributed by atoms with E-state index in [0.717, 1.165) is 20.1 Å². The SMILES string of the molecule is C[C@@H](c1ccc(Cl)cc1)N1C(=O)c2cc(Br)ccc2[C@@]1(O)c1ccc(Cl)cc1.C[C@@H](c1ccc(Cl)cc1)N1C(=O)c2cc(Br)ccc2[C@]1(O)c1ccc(Cl)cc1. The second-order valence-electron chi connectivity index (χ2n) is 13.5. The van der Waals surface area contributed by atoms with E-state index in [1.54, 1.807) is 97.1 Å². The molecule has 6 aromatic rings. The molecule has 12 heteroatoms. The van der Waals surface area contributed by atoms with Crippen LogP contribution in [0.2, 0.25) is 20.1 Å². The Morgan fingerprint density at radius 1 is 0.482 bits per heavy atom. The van der Waals surface area contributed by atoms with Gasteiger partial charge in [-0.1, -0.05) is 139 Å². The highest BCUT2D eigenvalue weighted by Crippen LogP contribution is 2.49. The number of benzene rings is 6. The molecule has 2 N–H and O–H groups in total. The Bertz CT molecular complexity index is 2280. The molecule has 6 nitrogen and oxygen atoms in total. The lowest BCUT2D eigenvalue weighted by molar-refractivity contribution is -0.0684. The molecule has 2 aliphatic rings. The molecule has 284 valence electrons. The second kappa shape index (κ2) is 15.9. The average molecular weight is 954 g/mol. The summed E-state index contributed by atoms with van der Waals surface area (Å²) in [4.78, 5) is 29.8. The normalized spacial score (nSPS) is 19.6. The number of amides is 2. The van der Waals surface area contributed by atoms with Gasteiger partial charge in [-0.05, 0) is 97.8 Å². The van der Waals surface area contributed by atoms with Gasteiger partial charge < -0.3 is 10.2 Å². The molecule has 0 aromatic heterocycles. The highest BCUT2D eigenvalue weighted by Gasteiger charge is 2.53. The van der Waals surface area contributed by atoms with E-state index in [1.807, 2.05) is 50.2 Å². The molecule has 0 aliphatic carbocycles. The summed E-state index contributed by atoms with van der Waals surface area (Å²) in [5.41, 5.74) is 1.69. The summed E-state index contributed by atoms with van der Waals surface area (Å²) < 4.78 is 1.55. The lowest BCUT2D eigenvalue weighted by atomic mass is 9.92. The first kappa shape index (κ1) is 40.5. The zero-order valence-corrected chi connectivity index (χ0v) is 35.9. The Labute approximate surface area is 361 Å². The summed E-state index contributed by atoms with van der Waals surface area (Å²) in [6.45, 7) is 3.78. The number of carbonyl (C=O) groups is 2. The number of nitrogens with zero attached hydrogens (tertiary/aromatic N) is 2. The first-order valence-corrected chi connectivity index (χ1v) is 20.5. The van der Waals surface area contributed by atoms with Gasteiger partial charge in [0.2, 0.25) is 0 Å². The Hall–Kier alpha value is -3.70. The van der Waals surface area contributed by atoms with Crippen molar-refractivity contribution in [3.63, 3.8) is 0 Å². The number of hydrogen-bond acceptors (Lipinski definition) is 4. The maximum absolute atomic E-state index is 13.4. The van der Waals surface area contributed by atoms with Crippen molar-refractivity contribution in [1.82, 2.24) is 9.80 Å². The largest absolute Gasteiger partial charge is 0.363 e. The predicted molar refractivity (Wildman–Crippen MR) is 229 cm³/mol. The van der Waals surface area contributed by atoms with Crippen LogP contribution in [-0.4, -0.2) is 31.8 Å². The standard InChI is InChI=1S/2C22H16BrCl2NO2/c2*1-13(14-2-7-17(24)8-3-14)26-21(27)19-12-16(23)6-11-20(19)22(26,28)15-4-9-18(25)10-5-15/h2*2-13,28H,1H3/t13-,22+;13-,22-/m00/s1. The Balaban J connectivity index is 0.000000172. The first-order chi connectivity index (χ1) is 26.6. The third-order valence-electron chi connectivity index (χ3n) is 10.3. The molecule has 0 saturated heterocycles. The van der Waals surface area contributed by atoms with Gasteiger partial charge in [0, 0.05) is 62.4 Å². The quantitative estimate of drug-likeness (QED) is 0.174. The van der Waals surface area contributed by atoms with E-state index in [-0.39, 0.29) is 11.8 Å². The Morgan fingerprint density at radius 2 is 0.768 bits per heavy atom. The number of rotatable bonds is 6. The number of aliphatic hydroxyl groups is 2. The van der Waals surface area contributed by atoms with Crippen LogP contribution in [0.15, 0.2) is 142 Å². The molecule has 0 bridgehead atoms. The average Bonchev–Trinajstić information content (AvgIpc) is 3.54. The molecule has 6 aromatic carbocycles. The molecule has 0 unspecified atom stereocenters. The molecule has 56 heavy (non-hydrogen) atoms. The third-order valence-corrected chi connectivity index (χ3v) is 12.3. The fourth-order valence-electron chi connectivity index (χ4n) is 7.45. The minimum absolute atomic E-state index is 0.240. The van der Waals surface area contributed by atoms with Crippen molar-refractivity contribution >= 4 is 90.1 Å². The fourth-order valence-corrected chi connectivity index (χ4v) is 8.68. The van der Waals surface area contributed by atoms with E-state index in [1.165, 1.54) is 9.80 Å². The van der Waals surface area contributed by atoms with Crippen LogP contribution >= 0.6 is 78.3 Å². The topological polar surface area (TPSA) is 81.1 Å². The van der Waals surface area contributed by atoms with Crippen molar-refractivity contribution in [2.24, 2.45) is 0 Å². The van der Waals surface area contributed by atoms with Crippen LogP contribution in [0.1, 0.15) is 80.0 Å². The van der Waals surface area contributed by atoms with Crippen molar-refractivity contribution in [2.45, 2.75) is 37.4 Å². The monoisotopic (exact) mass is 950 g/mol. The third kappa shape index (κ3) is 7.20. The maximum atomic E-state index is 13.4. The van der Waals surface area contributed by atoms with Crippen molar-refractivity contribution in [3.8, 4) is 0 Å². The molecule has 2 amide bonds. The van der Waals surface area contributed by atoms with Gasteiger partial charge in [-0.15, -0.1) is 0 Å². The Kier molecular flexibility index (Phi) is 11.5. The van der Waals surface area contributed by atoms with Crippen molar-refractivity contribution < 1.29 is 19.8 Å². The lowest BCUT2D eigenvalue weighted by Gasteiger charge is -2.39. The fraction of sp³-hybridized carbons (Fsp3) is 0.136. The van der Waals surface area contributed by atoms with E-state index >= 15 is 0 Å². The first-order valence-electron chi connectivity index (χ1n) is 17.4. The molecule has 8 rings (SSSR count). The molecular weight excluding hydrogens is 922 g/mol. The van der Waals surface area contributed by atoms with Crippen molar-refractivity contribution in [1.29, 1.82) is 0 Å². The van der Waals surface area contributed by atoms with E-state index in [9.17, 15) is 19.8 Å². The minimum Gasteiger partial charge on any atom is -0.363 e. The minimum atomic E-state index is -1.61. The number of carbonyl (C=O) groups excluding carboxylic acids is 2. The summed E-state index contributed by atoms with van der Waals surface area (Å²) in [6.07, 6.45) is 0. The summed E-state index contributed by atoms with van der Waals surface area (Å²) in [7, 11) is 0. The number of halogens is 6. The maximum Gasteiger partial charge on any atom is 0.257 e. The highest BCUT2D eigenvalue weighted by atomic mass is 79.9. The number of hydrogen-bond donors (Lipinski definition) is 2. The molecule has 4 atom stereocenters. The second-order valence-corrected chi connectivity index (χ2v) is 17.1. The predicted octanol–water partition coefficient (Wildman–Crippen LogP) is 12.3. The Morgan fingerprint density at radius 3 is 1.07 bits per heavy atom. The highest BCUT2D eigenvalue weighted by molar-refractivity contribution is 9.10. The van der Waals surface area contributed by atoms with Crippen LogP contribution < -0.4 is 0 Å². The smallest absolute Gasteiger partial charge is 0.257 e. The van der Waals surface area contributed by atoms with Crippen molar-refractivity contribution in [2.75, 3.05) is 0 Å². The van der Waals surface area contributed by atoms with Crippen LogP contribution in [0.5, 0.6) is 0 Å². The summed E-state index contributed by atoms with van der Waals surface area (Å²) >= 11 is 31.0. The van der Waals surface area contributed by atoms with E-state index in [0.29, 0.717) is 53.5 Å². The zero-order chi connectivity index (χ0) is 40.1. The number of fused-ring (bicyclic) bond motifs is 2. The van der Waals surface area contributed by atoms with Gasteiger partial charge in [-0.25, -0.2) is 0 Å².